The highest BCUT2D eigenvalue weighted by Gasteiger charge is 2.57. The van der Waals surface area contributed by atoms with Crippen LogP contribution in [-0.4, -0.2) is 74.0 Å². The van der Waals surface area contributed by atoms with Crippen LogP contribution in [0.3, 0.4) is 0 Å². The Morgan fingerprint density at radius 2 is 2.07 bits per heavy atom. The summed E-state index contributed by atoms with van der Waals surface area (Å²) in [6, 6.07) is 6.68. The number of amidine groups is 1. The number of aromatic nitrogens is 2. The fourth-order valence-electron chi connectivity index (χ4n) is 4.08. The topological polar surface area (TPSA) is 246 Å². The van der Waals surface area contributed by atoms with Crippen molar-refractivity contribution >= 4 is 31.2 Å². The lowest BCUT2D eigenvalue weighted by atomic mass is 10.1. The van der Waals surface area contributed by atoms with Gasteiger partial charge >= 0.3 is 13.7 Å². The SMILES string of the molecule is CC(C)OC(=O)C(C)NP(=O)(OC[C@@]1(N=[N+]=[N-])O[C@@H](n2cnc3c2N=C(N)CC3=O)[C@H](O)[C@@H]1O)Oc1ccccc1. The highest BCUT2D eigenvalue weighted by Crippen LogP contribution is 2.49. The third-order valence-corrected chi connectivity index (χ3v) is 7.60. The van der Waals surface area contributed by atoms with E-state index in [1.54, 1.807) is 32.0 Å². The van der Waals surface area contributed by atoms with Gasteiger partial charge in [-0.25, -0.2) is 14.5 Å². The van der Waals surface area contributed by atoms with Crippen LogP contribution >= 0.6 is 7.75 Å². The molecule has 2 aromatic rings. The highest BCUT2D eigenvalue weighted by molar-refractivity contribution is 7.52. The minimum atomic E-state index is -4.48. The van der Waals surface area contributed by atoms with Gasteiger partial charge in [-0.05, 0) is 38.4 Å². The second kappa shape index (κ2) is 12.0. The summed E-state index contributed by atoms with van der Waals surface area (Å²) in [5, 5.41) is 27.8. The van der Waals surface area contributed by atoms with E-state index >= 15 is 0 Å². The van der Waals surface area contributed by atoms with E-state index in [1.807, 2.05) is 0 Å². The quantitative estimate of drug-likeness (QED) is 0.0960. The summed E-state index contributed by atoms with van der Waals surface area (Å²) in [5.74, 6) is -1.11. The van der Waals surface area contributed by atoms with Crippen molar-refractivity contribution in [1.29, 1.82) is 0 Å². The number of Topliss-reactive ketones (excluding diaryl/α,β-unsaturated/α-hetero) is 1. The zero-order chi connectivity index (χ0) is 29.9. The number of nitrogens with one attached hydrogen (secondary N) is 1. The van der Waals surface area contributed by atoms with Gasteiger partial charge in [-0.1, -0.05) is 23.3 Å². The Hall–Kier alpha value is -3.82. The summed E-state index contributed by atoms with van der Waals surface area (Å²) in [7, 11) is -4.48. The standard InChI is InChI=1S/C23H29N8O9P/c1-12(2)38-22(35)13(3)28-41(36,40-14-7-5-4-6-8-14)37-10-23(29-30-25)19(34)18(33)21(39-23)31-11-26-17-15(32)9-16(24)27-20(17)31/h4-8,11-13,18-19,21,33-34H,9-10H2,1-3H3,(H2,24,27)(H,28,36)/t13?,18-,19+,21-,23-,41?/m1/s1. The van der Waals surface area contributed by atoms with Crippen molar-refractivity contribution in [2.45, 2.75) is 63.5 Å². The first-order valence-electron chi connectivity index (χ1n) is 12.4. The number of benzene rings is 1. The van der Waals surface area contributed by atoms with Crippen LogP contribution in [0, 0.1) is 0 Å². The number of nitrogens with zero attached hydrogens (tertiary/aromatic N) is 6. The van der Waals surface area contributed by atoms with E-state index in [-0.39, 0.29) is 29.5 Å². The number of carbonyl (C=O) groups excluding carboxylic acids is 2. The molecule has 2 unspecified atom stereocenters. The van der Waals surface area contributed by atoms with Gasteiger partial charge in [0, 0.05) is 4.91 Å². The molecule has 1 fully saturated rings. The lowest BCUT2D eigenvalue weighted by Gasteiger charge is -2.29. The molecule has 0 radical (unpaired) electrons. The number of ketones is 1. The molecule has 6 atom stereocenters. The molecule has 0 bridgehead atoms. The first-order valence-corrected chi connectivity index (χ1v) is 13.9. The largest absolute Gasteiger partial charge is 0.462 e. The van der Waals surface area contributed by atoms with E-state index in [4.69, 9.17) is 24.3 Å². The number of aliphatic hydroxyl groups excluding tert-OH is 2. The van der Waals surface area contributed by atoms with Gasteiger partial charge in [0.05, 0.1) is 25.5 Å². The lowest BCUT2D eigenvalue weighted by molar-refractivity contribution is -0.149. The molecule has 18 heteroatoms. The van der Waals surface area contributed by atoms with E-state index in [0.29, 0.717) is 0 Å². The molecule has 1 aromatic heterocycles. The smallest absolute Gasteiger partial charge is 0.459 e. The van der Waals surface area contributed by atoms with Gasteiger partial charge in [0.1, 0.15) is 29.8 Å². The minimum absolute atomic E-state index is 0.00267. The number of ether oxygens (including phenoxy) is 2. The number of hydrogen-bond donors (Lipinski definition) is 4. The van der Waals surface area contributed by atoms with E-state index in [0.717, 1.165) is 10.9 Å². The van der Waals surface area contributed by atoms with Gasteiger partial charge in [-0.15, -0.1) is 0 Å². The summed E-state index contributed by atoms with van der Waals surface area (Å²) in [5.41, 5.74) is 12.6. The van der Waals surface area contributed by atoms with Gasteiger partial charge in [-0.2, -0.15) is 5.09 Å². The Balaban J connectivity index is 1.62. The molecule has 1 aromatic carbocycles. The Morgan fingerprint density at radius 1 is 1.37 bits per heavy atom. The predicted octanol–water partition coefficient (Wildman–Crippen LogP) is 1.85. The maximum absolute atomic E-state index is 13.9. The van der Waals surface area contributed by atoms with Crippen molar-refractivity contribution < 1.29 is 42.9 Å². The first kappa shape index (κ1) is 30.1. The molecule has 5 N–H and O–H groups in total. The number of esters is 1. The van der Waals surface area contributed by atoms with E-state index < -0.39 is 62.4 Å². The molecule has 0 aliphatic carbocycles. The number of carbonyl (C=O) groups is 2. The van der Waals surface area contributed by atoms with Gasteiger partial charge in [0.2, 0.25) is 5.72 Å². The maximum atomic E-state index is 13.9. The number of aliphatic hydroxyl groups is 2. The summed E-state index contributed by atoms with van der Waals surface area (Å²) >= 11 is 0. The molecular formula is C23H29N8O9P. The molecule has 2 aliphatic heterocycles. The van der Waals surface area contributed by atoms with Crippen molar-refractivity contribution in [3.8, 4) is 5.75 Å². The van der Waals surface area contributed by atoms with Gasteiger partial charge in [0.15, 0.2) is 23.5 Å². The zero-order valence-electron chi connectivity index (χ0n) is 22.2. The van der Waals surface area contributed by atoms with Crippen LogP contribution in [0.4, 0.5) is 5.82 Å². The predicted molar refractivity (Wildman–Crippen MR) is 141 cm³/mol. The second-order valence-electron chi connectivity index (χ2n) is 9.52. The molecule has 3 heterocycles. The minimum Gasteiger partial charge on any atom is -0.462 e. The number of rotatable bonds is 11. The van der Waals surface area contributed by atoms with Crippen LogP contribution in [0.25, 0.3) is 10.4 Å². The number of imidazole rings is 1. The molecule has 0 amide bonds. The third kappa shape index (κ3) is 6.41. The maximum Gasteiger partial charge on any atom is 0.459 e. The summed E-state index contributed by atoms with van der Waals surface area (Å²) in [6.07, 6.45) is -4.65. The van der Waals surface area contributed by atoms with Crippen LogP contribution in [-0.2, 0) is 23.4 Å². The molecular weight excluding hydrogens is 563 g/mol. The Morgan fingerprint density at radius 3 is 2.73 bits per heavy atom. The average molecular weight is 593 g/mol. The normalized spacial score (nSPS) is 26.0. The number of para-hydroxylation sites is 1. The fourth-order valence-corrected chi connectivity index (χ4v) is 5.60. The summed E-state index contributed by atoms with van der Waals surface area (Å²) in [4.78, 5) is 35.5. The summed E-state index contributed by atoms with van der Waals surface area (Å²) in [6.45, 7) is 3.72. The van der Waals surface area contributed by atoms with Crippen molar-refractivity contribution in [1.82, 2.24) is 14.6 Å². The first-order chi connectivity index (χ1) is 19.4. The molecule has 0 spiro atoms. The van der Waals surface area contributed by atoms with Crippen LogP contribution in [0.1, 0.15) is 43.9 Å². The van der Waals surface area contributed by atoms with Crippen LogP contribution in [0.15, 0.2) is 46.8 Å². The number of azide groups is 1. The molecule has 220 valence electrons. The van der Waals surface area contributed by atoms with Gasteiger partial charge in [0.25, 0.3) is 0 Å². The molecule has 0 saturated carbocycles. The molecule has 2 aliphatic rings. The molecule has 1 saturated heterocycles. The molecule has 41 heavy (non-hydrogen) atoms. The van der Waals surface area contributed by atoms with Crippen molar-refractivity contribution in [2.24, 2.45) is 15.8 Å². The monoisotopic (exact) mass is 592 g/mol. The van der Waals surface area contributed by atoms with E-state index in [1.165, 1.54) is 19.1 Å². The van der Waals surface area contributed by atoms with Crippen molar-refractivity contribution in [3.05, 3.63) is 52.8 Å². The van der Waals surface area contributed by atoms with Crippen LogP contribution < -0.4 is 15.3 Å². The Bertz CT molecular complexity index is 1430. The van der Waals surface area contributed by atoms with Gasteiger partial charge in [-0.3, -0.25) is 18.7 Å². The summed E-state index contributed by atoms with van der Waals surface area (Å²) < 4.78 is 37.1. The number of fused-ring (bicyclic) bond motifs is 1. The van der Waals surface area contributed by atoms with Crippen molar-refractivity contribution in [3.63, 3.8) is 0 Å². The number of hydrogen-bond acceptors (Lipinski definition) is 13. The number of nitrogens with two attached hydrogens (primary N) is 1. The molecule has 4 rings (SSSR count). The van der Waals surface area contributed by atoms with E-state index in [2.05, 4.69) is 25.1 Å². The Labute approximate surface area is 233 Å². The fraction of sp³-hybridized carbons (Fsp3) is 0.478. The highest BCUT2D eigenvalue weighted by atomic mass is 31.2. The Kier molecular flexibility index (Phi) is 8.80. The molecule has 17 nitrogen and oxygen atoms in total. The van der Waals surface area contributed by atoms with Crippen molar-refractivity contribution in [2.75, 3.05) is 6.61 Å². The number of aliphatic imine (C=N–C) groups is 1. The van der Waals surface area contributed by atoms with E-state index in [9.17, 15) is 29.9 Å². The van der Waals surface area contributed by atoms with Gasteiger partial charge < -0.3 is 29.9 Å². The van der Waals surface area contributed by atoms with Crippen LogP contribution in [0.2, 0.25) is 0 Å². The zero-order valence-corrected chi connectivity index (χ0v) is 23.1. The third-order valence-electron chi connectivity index (χ3n) is 5.98. The lowest BCUT2D eigenvalue weighted by Crippen LogP contribution is -2.45. The van der Waals surface area contributed by atoms with Crippen LogP contribution in [0.5, 0.6) is 5.75 Å². The second-order valence-corrected chi connectivity index (χ2v) is 11.2. The average Bonchev–Trinajstić information content (AvgIpc) is 3.43.